The molecule has 3 heteroatoms. The molecule has 3 nitrogen and oxygen atoms in total. The first kappa shape index (κ1) is 16.8. The van der Waals surface area contributed by atoms with Crippen molar-refractivity contribution < 1.29 is 0 Å². The molecule has 3 aromatic carbocycles. The van der Waals surface area contributed by atoms with Crippen LogP contribution in [-0.4, -0.2) is 10.2 Å². The molecule has 0 radical (unpaired) electrons. The maximum atomic E-state index is 9.07. The van der Waals surface area contributed by atoms with Gasteiger partial charge in [-0.1, -0.05) is 79.7 Å². The number of benzene rings is 3. The predicted molar refractivity (Wildman–Crippen MR) is 108 cm³/mol. The Morgan fingerprint density at radius 3 is 2.07 bits per heavy atom. The molecule has 0 bridgehead atoms. The molecule has 0 saturated heterocycles. The summed E-state index contributed by atoms with van der Waals surface area (Å²) in [6.07, 6.45) is 0. The van der Waals surface area contributed by atoms with Crippen molar-refractivity contribution in [1.82, 2.24) is 10.2 Å². The lowest BCUT2D eigenvalue weighted by Gasteiger charge is -2.15. The van der Waals surface area contributed by atoms with Crippen LogP contribution in [0.3, 0.4) is 0 Å². The monoisotopic (exact) mass is 349 g/mol. The maximum absolute atomic E-state index is 9.07. The molecule has 1 N–H and O–H groups in total. The van der Waals surface area contributed by atoms with Crippen LogP contribution in [0.2, 0.25) is 0 Å². The van der Waals surface area contributed by atoms with E-state index in [0.29, 0.717) is 5.56 Å². The zero-order valence-electron chi connectivity index (χ0n) is 15.1. The molecule has 130 valence electrons. The smallest absolute Gasteiger partial charge is 0.0991 e. The van der Waals surface area contributed by atoms with Crippen molar-refractivity contribution in [2.24, 2.45) is 0 Å². The average molecular weight is 349 g/mol. The SMILES string of the molecule is C[C@H](c1ccccc1)c1c(-c2ccccc2)n[nH]c1-c1ccc(C#N)cc1. The third kappa shape index (κ3) is 3.26. The Bertz CT molecular complexity index is 1070. The summed E-state index contributed by atoms with van der Waals surface area (Å²) in [4.78, 5) is 0. The van der Waals surface area contributed by atoms with Crippen molar-refractivity contribution >= 4 is 0 Å². The van der Waals surface area contributed by atoms with Crippen LogP contribution in [0.15, 0.2) is 84.9 Å². The van der Waals surface area contributed by atoms with E-state index in [4.69, 9.17) is 5.26 Å². The highest BCUT2D eigenvalue weighted by Crippen LogP contribution is 2.38. The van der Waals surface area contributed by atoms with E-state index in [-0.39, 0.29) is 5.92 Å². The van der Waals surface area contributed by atoms with Crippen LogP contribution in [0, 0.1) is 11.3 Å². The molecule has 0 saturated carbocycles. The summed E-state index contributed by atoms with van der Waals surface area (Å²) in [5, 5.41) is 17.0. The van der Waals surface area contributed by atoms with Gasteiger partial charge in [0.2, 0.25) is 0 Å². The number of hydrogen-bond donors (Lipinski definition) is 1. The van der Waals surface area contributed by atoms with Gasteiger partial charge in [0.15, 0.2) is 0 Å². The van der Waals surface area contributed by atoms with Gasteiger partial charge in [0, 0.05) is 17.0 Å². The van der Waals surface area contributed by atoms with Crippen molar-refractivity contribution in [1.29, 1.82) is 5.26 Å². The minimum atomic E-state index is 0.172. The van der Waals surface area contributed by atoms with E-state index in [1.807, 2.05) is 48.5 Å². The molecule has 4 rings (SSSR count). The van der Waals surface area contributed by atoms with Crippen LogP contribution in [0.5, 0.6) is 0 Å². The summed E-state index contributed by atoms with van der Waals surface area (Å²) in [6.45, 7) is 2.21. The summed E-state index contributed by atoms with van der Waals surface area (Å²) in [6, 6.07) is 30.5. The predicted octanol–water partition coefficient (Wildman–Crippen LogP) is 5.77. The fraction of sp³-hybridized carbons (Fsp3) is 0.0833. The van der Waals surface area contributed by atoms with E-state index >= 15 is 0 Å². The van der Waals surface area contributed by atoms with E-state index < -0.39 is 0 Å². The first-order valence-corrected chi connectivity index (χ1v) is 8.97. The Hall–Kier alpha value is -3.64. The molecule has 4 aromatic rings. The number of hydrogen-bond acceptors (Lipinski definition) is 2. The minimum Gasteiger partial charge on any atom is -0.277 e. The third-order valence-electron chi connectivity index (χ3n) is 4.89. The molecule has 0 amide bonds. The molecular weight excluding hydrogens is 330 g/mol. The number of nitriles is 1. The van der Waals surface area contributed by atoms with E-state index in [0.717, 1.165) is 28.1 Å². The van der Waals surface area contributed by atoms with Crippen molar-refractivity contribution in [3.63, 3.8) is 0 Å². The molecule has 0 unspecified atom stereocenters. The average Bonchev–Trinajstić information content (AvgIpc) is 3.19. The normalized spacial score (nSPS) is 11.7. The fourth-order valence-corrected chi connectivity index (χ4v) is 3.43. The first-order valence-electron chi connectivity index (χ1n) is 8.97. The molecule has 1 heterocycles. The van der Waals surface area contributed by atoms with E-state index in [2.05, 4.69) is 59.6 Å². The van der Waals surface area contributed by atoms with Crippen LogP contribution >= 0.6 is 0 Å². The maximum Gasteiger partial charge on any atom is 0.0991 e. The molecule has 0 aliphatic rings. The molecule has 27 heavy (non-hydrogen) atoms. The molecule has 1 aromatic heterocycles. The van der Waals surface area contributed by atoms with Crippen LogP contribution in [0.1, 0.15) is 29.5 Å². The molecule has 0 spiro atoms. The highest BCUT2D eigenvalue weighted by molar-refractivity contribution is 5.76. The zero-order valence-corrected chi connectivity index (χ0v) is 15.1. The topological polar surface area (TPSA) is 52.5 Å². The summed E-state index contributed by atoms with van der Waals surface area (Å²) in [5.41, 5.74) is 7.14. The second kappa shape index (κ2) is 7.31. The lowest BCUT2D eigenvalue weighted by Crippen LogP contribution is -1.99. The van der Waals surface area contributed by atoms with Gasteiger partial charge in [0.25, 0.3) is 0 Å². The molecular formula is C24H19N3. The van der Waals surface area contributed by atoms with Gasteiger partial charge < -0.3 is 0 Å². The Morgan fingerprint density at radius 1 is 0.815 bits per heavy atom. The lowest BCUT2D eigenvalue weighted by molar-refractivity contribution is 0.928. The number of nitrogens with zero attached hydrogens (tertiary/aromatic N) is 2. The first-order chi connectivity index (χ1) is 13.3. The molecule has 0 aliphatic heterocycles. The van der Waals surface area contributed by atoms with E-state index in [1.165, 1.54) is 5.56 Å². The highest BCUT2D eigenvalue weighted by atomic mass is 15.1. The van der Waals surface area contributed by atoms with Gasteiger partial charge in [-0.15, -0.1) is 0 Å². The van der Waals surface area contributed by atoms with Crippen LogP contribution in [0.25, 0.3) is 22.5 Å². The van der Waals surface area contributed by atoms with Crippen LogP contribution in [-0.2, 0) is 0 Å². The van der Waals surface area contributed by atoms with Gasteiger partial charge in [-0.2, -0.15) is 10.4 Å². The van der Waals surface area contributed by atoms with Crippen molar-refractivity contribution in [2.75, 3.05) is 0 Å². The van der Waals surface area contributed by atoms with Gasteiger partial charge in [0.05, 0.1) is 23.0 Å². The van der Waals surface area contributed by atoms with Gasteiger partial charge >= 0.3 is 0 Å². The Balaban J connectivity index is 1.89. The van der Waals surface area contributed by atoms with Crippen molar-refractivity contribution in [3.8, 4) is 28.6 Å². The van der Waals surface area contributed by atoms with Gasteiger partial charge in [0.1, 0.15) is 0 Å². The summed E-state index contributed by atoms with van der Waals surface area (Å²) in [5.74, 6) is 0.172. The molecule has 1 atom stereocenters. The second-order valence-corrected chi connectivity index (χ2v) is 6.55. The number of H-pyrrole nitrogens is 1. The third-order valence-corrected chi connectivity index (χ3v) is 4.89. The zero-order chi connectivity index (χ0) is 18.6. The summed E-state index contributed by atoms with van der Waals surface area (Å²) >= 11 is 0. The fourth-order valence-electron chi connectivity index (χ4n) is 3.43. The number of aromatic amines is 1. The number of nitrogens with one attached hydrogen (secondary N) is 1. The summed E-state index contributed by atoms with van der Waals surface area (Å²) < 4.78 is 0. The number of aromatic nitrogens is 2. The van der Waals surface area contributed by atoms with E-state index in [1.54, 1.807) is 0 Å². The quantitative estimate of drug-likeness (QED) is 0.509. The number of rotatable bonds is 4. The Morgan fingerprint density at radius 2 is 1.44 bits per heavy atom. The standard InChI is InChI=1S/C24H19N3/c1-17(19-8-4-2-5-9-19)22-23(20-10-6-3-7-11-20)26-27-24(22)21-14-12-18(16-25)13-15-21/h2-15,17H,1H3,(H,26,27)/t17-/m1/s1. The van der Waals surface area contributed by atoms with Crippen molar-refractivity contribution in [2.45, 2.75) is 12.8 Å². The molecule has 0 fully saturated rings. The molecule has 0 aliphatic carbocycles. The Kier molecular flexibility index (Phi) is 4.55. The Labute approximate surface area is 158 Å². The van der Waals surface area contributed by atoms with Gasteiger partial charge in [-0.25, -0.2) is 0 Å². The van der Waals surface area contributed by atoms with Crippen LogP contribution in [0.4, 0.5) is 0 Å². The van der Waals surface area contributed by atoms with E-state index in [9.17, 15) is 0 Å². The largest absolute Gasteiger partial charge is 0.277 e. The summed E-state index contributed by atoms with van der Waals surface area (Å²) in [7, 11) is 0. The van der Waals surface area contributed by atoms with Gasteiger partial charge in [-0.05, 0) is 23.3 Å². The highest BCUT2D eigenvalue weighted by Gasteiger charge is 2.22. The lowest BCUT2D eigenvalue weighted by atomic mass is 9.87. The second-order valence-electron chi connectivity index (χ2n) is 6.55. The van der Waals surface area contributed by atoms with Crippen molar-refractivity contribution in [3.05, 3.63) is 102 Å². The van der Waals surface area contributed by atoms with Gasteiger partial charge in [-0.3, -0.25) is 5.10 Å². The van der Waals surface area contributed by atoms with Crippen LogP contribution < -0.4 is 0 Å². The minimum absolute atomic E-state index is 0.172.